The van der Waals surface area contributed by atoms with E-state index in [1.807, 2.05) is 0 Å². The van der Waals surface area contributed by atoms with Gasteiger partial charge in [0, 0.05) is 24.5 Å². The molecule has 1 aromatic heterocycles. The minimum absolute atomic E-state index is 0.0889. The Hall–Kier alpha value is -3.02. The molecule has 1 amide bonds. The van der Waals surface area contributed by atoms with Crippen molar-refractivity contribution in [2.75, 3.05) is 0 Å². The highest BCUT2D eigenvalue weighted by Crippen LogP contribution is 2.39. The molecule has 3 rings (SSSR count). The van der Waals surface area contributed by atoms with Crippen LogP contribution in [-0.4, -0.2) is 26.7 Å². The summed E-state index contributed by atoms with van der Waals surface area (Å²) in [5, 5.41) is 10.1. The average Bonchev–Trinajstić information content (AvgIpc) is 2.81. The highest BCUT2D eigenvalue weighted by Gasteiger charge is 2.43. The SMILES string of the molecule is CC(=O)C1=C(O)C(=O)N(Cc2cccnc2)C1c1ccccc1F. The van der Waals surface area contributed by atoms with Crippen molar-refractivity contribution in [2.24, 2.45) is 0 Å². The second-order valence-corrected chi connectivity index (χ2v) is 5.54. The van der Waals surface area contributed by atoms with Crippen LogP contribution in [0.15, 0.2) is 60.1 Å². The van der Waals surface area contributed by atoms with E-state index < -0.39 is 29.3 Å². The molecular weight excluding hydrogens is 311 g/mol. The Morgan fingerprint density at radius 3 is 2.67 bits per heavy atom. The summed E-state index contributed by atoms with van der Waals surface area (Å²) in [5.74, 6) is -2.33. The molecule has 2 heterocycles. The number of aliphatic hydroxyl groups excluding tert-OH is 1. The van der Waals surface area contributed by atoms with E-state index in [-0.39, 0.29) is 17.7 Å². The molecule has 0 saturated heterocycles. The number of hydrogen-bond acceptors (Lipinski definition) is 4. The summed E-state index contributed by atoms with van der Waals surface area (Å²) in [7, 11) is 0. The third-order valence-corrected chi connectivity index (χ3v) is 3.96. The molecular formula is C18H15FN2O3. The molecule has 5 nitrogen and oxygen atoms in total. The standard InChI is InChI=1S/C18H15FN2O3/c1-11(22)15-16(13-6-2-3-7-14(13)19)21(18(24)17(15)23)10-12-5-4-8-20-9-12/h2-9,16,23H,10H2,1H3. The molecule has 0 bridgehead atoms. The van der Waals surface area contributed by atoms with E-state index >= 15 is 0 Å². The molecule has 0 aliphatic carbocycles. The number of pyridine rings is 1. The molecule has 1 aromatic carbocycles. The summed E-state index contributed by atoms with van der Waals surface area (Å²) in [5.41, 5.74) is 0.794. The van der Waals surface area contributed by atoms with Crippen molar-refractivity contribution in [3.8, 4) is 0 Å². The first-order chi connectivity index (χ1) is 11.5. The van der Waals surface area contributed by atoms with Gasteiger partial charge in [-0.3, -0.25) is 14.6 Å². The number of amides is 1. The zero-order chi connectivity index (χ0) is 17.3. The lowest BCUT2D eigenvalue weighted by Crippen LogP contribution is -2.31. The molecule has 0 spiro atoms. The molecule has 0 saturated carbocycles. The van der Waals surface area contributed by atoms with Gasteiger partial charge in [-0.15, -0.1) is 0 Å². The van der Waals surface area contributed by atoms with Gasteiger partial charge in [0.1, 0.15) is 5.82 Å². The molecule has 0 fully saturated rings. The second kappa shape index (κ2) is 6.23. The van der Waals surface area contributed by atoms with Gasteiger partial charge < -0.3 is 10.0 Å². The Morgan fingerprint density at radius 2 is 2.04 bits per heavy atom. The predicted molar refractivity (Wildman–Crippen MR) is 84.3 cm³/mol. The topological polar surface area (TPSA) is 70.5 Å². The van der Waals surface area contributed by atoms with E-state index in [4.69, 9.17) is 0 Å². The fourth-order valence-corrected chi connectivity index (χ4v) is 2.88. The maximum absolute atomic E-state index is 14.3. The van der Waals surface area contributed by atoms with Crippen molar-refractivity contribution >= 4 is 11.7 Å². The number of ketones is 1. The lowest BCUT2D eigenvalue weighted by Gasteiger charge is -2.26. The fourth-order valence-electron chi connectivity index (χ4n) is 2.88. The maximum atomic E-state index is 14.3. The van der Waals surface area contributed by atoms with Gasteiger partial charge in [0.2, 0.25) is 0 Å². The first kappa shape index (κ1) is 15.9. The Labute approximate surface area is 138 Å². The van der Waals surface area contributed by atoms with E-state index in [9.17, 15) is 19.1 Å². The number of Topliss-reactive ketones (excluding diaryl/α,β-unsaturated/α-hetero) is 1. The number of nitrogens with zero attached hydrogens (tertiary/aromatic N) is 2. The zero-order valence-corrected chi connectivity index (χ0v) is 12.9. The molecule has 6 heteroatoms. The average molecular weight is 326 g/mol. The van der Waals surface area contributed by atoms with Gasteiger partial charge in [0.25, 0.3) is 5.91 Å². The summed E-state index contributed by atoms with van der Waals surface area (Å²) >= 11 is 0. The van der Waals surface area contributed by atoms with E-state index in [2.05, 4.69) is 4.98 Å². The summed E-state index contributed by atoms with van der Waals surface area (Å²) in [6.07, 6.45) is 3.18. The van der Waals surface area contributed by atoms with E-state index in [1.165, 1.54) is 30.0 Å². The smallest absolute Gasteiger partial charge is 0.290 e. The van der Waals surface area contributed by atoms with Gasteiger partial charge in [-0.1, -0.05) is 24.3 Å². The third kappa shape index (κ3) is 2.67. The van der Waals surface area contributed by atoms with Crippen LogP contribution in [0.1, 0.15) is 24.1 Å². The minimum atomic E-state index is -0.962. The number of rotatable bonds is 4. The van der Waals surface area contributed by atoms with Gasteiger partial charge in [0.05, 0.1) is 11.6 Å². The first-order valence-electron chi connectivity index (χ1n) is 7.39. The summed E-state index contributed by atoms with van der Waals surface area (Å²) in [6, 6.07) is 8.43. The molecule has 1 atom stereocenters. The summed E-state index contributed by atoms with van der Waals surface area (Å²) in [4.78, 5) is 29.7. The Bertz CT molecular complexity index is 833. The highest BCUT2D eigenvalue weighted by atomic mass is 19.1. The van der Waals surface area contributed by atoms with Crippen LogP contribution in [0.2, 0.25) is 0 Å². The molecule has 122 valence electrons. The number of carbonyl (C=O) groups excluding carboxylic acids is 2. The number of hydrogen-bond donors (Lipinski definition) is 1. The van der Waals surface area contributed by atoms with Crippen molar-refractivity contribution in [1.82, 2.24) is 9.88 Å². The quantitative estimate of drug-likeness (QED) is 0.938. The number of carbonyl (C=O) groups is 2. The maximum Gasteiger partial charge on any atom is 0.290 e. The number of benzene rings is 1. The Balaban J connectivity index is 2.09. The lowest BCUT2D eigenvalue weighted by atomic mass is 9.96. The number of aliphatic hydroxyl groups is 1. The number of halogens is 1. The van der Waals surface area contributed by atoms with E-state index in [0.29, 0.717) is 5.56 Å². The van der Waals surface area contributed by atoms with Crippen molar-refractivity contribution in [1.29, 1.82) is 0 Å². The molecule has 0 radical (unpaired) electrons. The highest BCUT2D eigenvalue weighted by molar-refractivity contribution is 6.08. The lowest BCUT2D eigenvalue weighted by molar-refractivity contribution is -0.130. The molecule has 24 heavy (non-hydrogen) atoms. The van der Waals surface area contributed by atoms with Crippen LogP contribution in [-0.2, 0) is 16.1 Å². The van der Waals surface area contributed by atoms with Crippen LogP contribution < -0.4 is 0 Å². The van der Waals surface area contributed by atoms with Crippen LogP contribution >= 0.6 is 0 Å². The Morgan fingerprint density at radius 1 is 1.29 bits per heavy atom. The van der Waals surface area contributed by atoms with E-state index in [1.54, 1.807) is 30.6 Å². The third-order valence-electron chi connectivity index (χ3n) is 3.96. The van der Waals surface area contributed by atoms with E-state index in [0.717, 1.165) is 0 Å². The fraction of sp³-hybridized carbons (Fsp3) is 0.167. The zero-order valence-electron chi connectivity index (χ0n) is 12.9. The Kier molecular flexibility index (Phi) is 4.12. The van der Waals surface area contributed by atoms with Gasteiger partial charge >= 0.3 is 0 Å². The predicted octanol–water partition coefficient (Wildman–Crippen LogP) is 2.71. The van der Waals surface area contributed by atoms with Gasteiger partial charge in [-0.05, 0) is 24.6 Å². The molecule has 2 aromatic rings. The van der Waals surface area contributed by atoms with Crippen LogP contribution in [0.25, 0.3) is 0 Å². The summed E-state index contributed by atoms with van der Waals surface area (Å²) in [6.45, 7) is 1.35. The van der Waals surface area contributed by atoms with Crippen molar-refractivity contribution in [2.45, 2.75) is 19.5 Å². The van der Waals surface area contributed by atoms with Crippen LogP contribution in [0.3, 0.4) is 0 Å². The normalized spacial score (nSPS) is 17.5. The summed E-state index contributed by atoms with van der Waals surface area (Å²) < 4.78 is 14.3. The van der Waals surface area contributed by atoms with Crippen LogP contribution in [0.5, 0.6) is 0 Å². The second-order valence-electron chi connectivity index (χ2n) is 5.54. The molecule has 1 N–H and O–H groups in total. The monoisotopic (exact) mass is 326 g/mol. The van der Waals surface area contributed by atoms with Gasteiger partial charge in [0.15, 0.2) is 11.5 Å². The van der Waals surface area contributed by atoms with Gasteiger partial charge in [-0.2, -0.15) is 0 Å². The van der Waals surface area contributed by atoms with Crippen LogP contribution in [0, 0.1) is 5.82 Å². The van der Waals surface area contributed by atoms with Crippen molar-refractivity contribution in [3.63, 3.8) is 0 Å². The number of aromatic nitrogens is 1. The minimum Gasteiger partial charge on any atom is -0.503 e. The van der Waals surface area contributed by atoms with Crippen LogP contribution in [0.4, 0.5) is 4.39 Å². The molecule has 1 aliphatic rings. The van der Waals surface area contributed by atoms with Gasteiger partial charge in [-0.25, -0.2) is 4.39 Å². The molecule has 1 aliphatic heterocycles. The first-order valence-corrected chi connectivity index (χ1v) is 7.39. The molecule has 1 unspecified atom stereocenters. The van der Waals surface area contributed by atoms with Crippen molar-refractivity contribution in [3.05, 3.63) is 77.1 Å². The van der Waals surface area contributed by atoms with Crippen molar-refractivity contribution < 1.29 is 19.1 Å². The largest absolute Gasteiger partial charge is 0.503 e.